The van der Waals surface area contributed by atoms with Crippen molar-refractivity contribution >= 4 is 35.3 Å². The standard InChI is InChI=1S/C30H24N6O2S/c37-29(23-13-6-2-7-14-23)32-27(19-22-11-4-1-5-12-22)30(38)31-24-15-10-18-26(20-24)39-21-28-33-34-35-36(28)25-16-8-3-9-17-25/h1-20H,21H2,(H,31,38)(H,32,37)/b27-19+. The van der Waals surface area contributed by atoms with Crippen LogP contribution in [0.15, 0.2) is 126 Å². The van der Waals surface area contributed by atoms with Gasteiger partial charge in [0, 0.05) is 16.1 Å². The first-order valence-electron chi connectivity index (χ1n) is 12.2. The number of hydrogen-bond acceptors (Lipinski definition) is 6. The molecule has 2 N–H and O–H groups in total. The van der Waals surface area contributed by atoms with Crippen LogP contribution in [-0.4, -0.2) is 32.0 Å². The number of para-hydroxylation sites is 1. The average molecular weight is 533 g/mol. The Balaban J connectivity index is 1.30. The highest BCUT2D eigenvalue weighted by Crippen LogP contribution is 2.25. The smallest absolute Gasteiger partial charge is 0.272 e. The first-order valence-corrected chi connectivity index (χ1v) is 13.1. The second-order valence-corrected chi connectivity index (χ2v) is 9.45. The van der Waals surface area contributed by atoms with E-state index in [0.717, 1.165) is 16.1 Å². The monoisotopic (exact) mass is 532 g/mol. The van der Waals surface area contributed by atoms with Crippen LogP contribution in [0.2, 0.25) is 0 Å². The van der Waals surface area contributed by atoms with E-state index in [-0.39, 0.29) is 11.6 Å². The number of anilines is 1. The highest BCUT2D eigenvalue weighted by Gasteiger charge is 2.15. The summed E-state index contributed by atoms with van der Waals surface area (Å²) in [6.07, 6.45) is 1.65. The summed E-state index contributed by atoms with van der Waals surface area (Å²) in [7, 11) is 0. The van der Waals surface area contributed by atoms with Crippen molar-refractivity contribution in [1.82, 2.24) is 25.5 Å². The van der Waals surface area contributed by atoms with Gasteiger partial charge in [-0.2, -0.15) is 4.68 Å². The largest absolute Gasteiger partial charge is 0.321 e. The molecule has 5 rings (SSSR count). The van der Waals surface area contributed by atoms with Crippen LogP contribution in [0, 0.1) is 0 Å². The fourth-order valence-electron chi connectivity index (χ4n) is 3.73. The van der Waals surface area contributed by atoms with Crippen molar-refractivity contribution in [2.75, 3.05) is 5.32 Å². The number of carbonyl (C=O) groups is 2. The lowest BCUT2D eigenvalue weighted by atomic mass is 10.1. The molecule has 0 saturated heterocycles. The van der Waals surface area contributed by atoms with Crippen LogP contribution in [0.4, 0.5) is 5.69 Å². The van der Waals surface area contributed by atoms with Gasteiger partial charge < -0.3 is 10.6 Å². The molecule has 0 fully saturated rings. The van der Waals surface area contributed by atoms with Crippen LogP contribution in [0.5, 0.6) is 0 Å². The van der Waals surface area contributed by atoms with E-state index in [9.17, 15) is 9.59 Å². The predicted molar refractivity (Wildman–Crippen MR) is 152 cm³/mol. The first-order chi connectivity index (χ1) is 19.2. The molecule has 0 atom stereocenters. The summed E-state index contributed by atoms with van der Waals surface area (Å²) in [4.78, 5) is 27.1. The molecule has 2 amide bonds. The summed E-state index contributed by atoms with van der Waals surface area (Å²) in [6.45, 7) is 0. The topological polar surface area (TPSA) is 102 Å². The Morgan fingerprint density at radius 1 is 0.821 bits per heavy atom. The maximum atomic E-state index is 13.3. The highest BCUT2D eigenvalue weighted by atomic mass is 32.2. The van der Waals surface area contributed by atoms with Crippen molar-refractivity contribution in [3.8, 4) is 5.69 Å². The van der Waals surface area contributed by atoms with Crippen LogP contribution < -0.4 is 10.6 Å². The molecule has 5 aromatic rings. The molecule has 4 aromatic carbocycles. The quantitative estimate of drug-likeness (QED) is 0.196. The van der Waals surface area contributed by atoms with E-state index in [1.54, 1.807) is 52.9 Å². The summed E-state index contributed by atoms with van der Waals surface area (Å²) in [5.74, 6) is 0.440. The summed E-state index contributed by atoms with van der Waals surface area (Å²) in [6, 6.07) is 35.3. The molecular weight excluding hydrogens is 508 g/mol. The van der Waals surface area contributed by atoms with Crippen molar-refractivity contribution in [3.63, 3.8) is 0 Å². The molecule has 1 aromatic heterocycles. The third-order valence-corrected chi connectivity index (χ3v) is 6.62. The molecule has 0 aliphatic rings. The van der Waals surface area contributed by atoms with Gasteiger partial charge in [0.25, 0.3) is 11.8 Å². The molecular formula is C30H24N6O2S. The van der Waals surface area contributed by atoms with Crippen molar-refractivity contribution in [3.05, 3.63) is 138 Å². The van der Waals surface area contributed by atoms with Crippen LogP contribution in [0.25, 0.3) is 11.8 Å². The van der Waals surface area contributed by atoms with Crippen molar-refractivity contribution in [1.29, 1.82) is 0 Å². The number of amides is 2. The van der Waals surface area contributed by atoms with Crippen LogP contribution in [-0.2, 0) is 10.5 Å². The maximum Gasteiger partial charge on any atom is 0.272 e. The molecule has 0 radical (unpaired) electrons. The number of nitrogens with one attached hydrogen (secondary N) is 2. The molecule has 9 heteroatoms. The molecule has 0 spiro atoms. The highest BCUT2D eigenvalue weighted by molar-refractivity contribution is 7.98. The van der Waals surface area contributed by atoms with Gasteiger partial charge in [-0.05, 0) is 64.5 Å². The number of benzene rings is 4. The Morgan fingerprint density at radius 3 is 2.26 bits per heavy atom. The molecule has 1 heterocycles. The molecule has 8 nitrogen and oxygen atoms in total. The summed E-state index contributed by atoms with van der Waals surface area (Å²) in [5.41, 5.74) is 2.86. The van der Waals surface area contributed by atoms with Gasteiger partial charge in [0.1, 0.15) is 5.70 Å². The molecule has 0 aliphatic heterocycles. The SMILES string of the molecule is O=C(Nc1cccc(SCc2nnnn2-c2ccccc2)c1)/C(=C\c1ccccc1)NC(=O)c1ccccc1. The van der Waals surface area contributed by atoms with E-state index >= 15 is 0 Å². The van der Waals surface area contributed by atoms with Gasteiger partial charge in [0.15, 0.2) is 5.82 Å². The zero-order valence-corrected chi connectivity index (χ0v) is 21.6. The van der Waals surface area contributed by atoms with Crippen LogP contribution in [0.1, 0.15) is 21.7 Å². The van der Waals surface area contributed by atoms with E-state index in [1.807, 2.05) is 84.9 Å². The minimum Gasteiger partial charge on any atom is -0.321 e. The molecule has 192 valence electrons. The van der Waals surface area contributed by atoms with Gasteiger partial charge in [-0.25, -0.2) is 0 Å². The number of nitrogens with zero attached hydrogens (tertiary/aromatic N) is 4. The van der Waals surface area contributed by atoms with E-state index in [2.05, 4.69) is 26.2 Å². The Kier molecular flexibility index (Phi) is 8.20. The summed E-state index contributed by atoms with van der Waals surface area (Å²) >= 11 is 1.55. The zero-order chi connectivity index (χ0) is 26.9. The van der Waals surface area contributed by atoms with Gasteiger partial charge in [-0.3, -0.25) is 9.59 Å². The van der Waals surface area contributed by atoms with Crippen LogP contribution >= 0.6 is 11.8 Å². The number of aromatic nitrogens is 4. The third-order valence-electron chi connectivity index (χ3n) is 5.63. The van der Waals surface area contributed by atoms with Gasteiger partial charge in [0.2, 0.25) is 0 Å². The Bertz CT molecular complexity index is 1590. The van der Waals surface area contributed by atoms with E-state index in [4.69, 9.17) is 0 Å². The van der Waals surface area contributed by atoms with E-state index in [0.29, 0.717) is 22.8 Å². The Morgan fingerprint density at radius 2 is 1.51 bits per heavy atom. The normalized spacial score (nSPS) is 11.1. The number of thioether (sulfide) groups is 1. The van der Waals surface area contributed by atoms with Crippen molar-refractivity contribution in [2.45, 2.75) is 10.6 Å². The molecule has 0 aliphatic carbocycles. The lowest BCUT2D eigenvalue weighted by Crippen LogP contribution is -2.30. The Labute approximate surface area is 229 Å². The minimum absolute atomic E-state index is 0.134. The number of carbonyl (C=O) groups excluding carboxylic acids is 2. The Hall–Kier alpha value is -5.02. The fourth-order valence-corrected chi connectivity index (χ4v) is 4.59. The van der Waals surface area contributed by atoms with Gasteiger partial charge in [-0.15, -0.1) is 16.9 Å². The first kappa shape index (κ1) is 25.6. The van der Waals surface area contributed by atoms with Gasteiger partial charge >= 0.3 is 0 Å². The lowest BCUT2D eigenvalue weighted by molar-refractivity contribution is -0.113. The molecule has 39 heavy (non-hydrogen) atoms. The number of hydrogen-bond donors (Lipinski definition) is 2. The zero-order valence-electron chi connectivity index (χ0n) is 20.8. The van der Waals surface area contributed by atoms with Crippen LogP contribution in [0.3, 0.4) is 0 Å². The summed E-state index contributed by atoms with van der Waals surface area (Å²) < 4.78 is 1.70. The maximum absolute atomic E-state index is 13.3. The number of rotatable bonds is 9. The van der Waals surface area contributed by atoms with E-state index < -0.39 is 5.91 Å². The molecule has 0 saturated carbocycles. The van der Waals surface area contributed by atoms with Crippen molar-refractivity contribution < 1.29 is 9.59 Å². The third kappa shape index (κ3) is 6.85. The van der Waals surface area contributed by atoms with E-state index in [1.165, 1.54) is 0 Å². The fraction of sp³-hybridized carbons (Fsp3) is 0.0333. The molecule has 0 bridgehead atoms. The van der Waals surface area contributed by atoms with Gasteiger partial charge in [-0.1, -0.05) is 72.8 Å². The van der Waals surface area contributed by atoms with Gasteiger partial charge in [0.05, 0.1) is 11.4 Å². The lowest BCUT2D eigenvalue weighted by Gasteiger charge is -2.12. The second-order valence-electron chi connectivity index (χ2n) is 8.40. The second kappa shape index (κ2) is 12.5. The minimum atomic E-state index is -0.432. The average Bonchev–Trinajstić information content (AvgIpc) is 3.46. The number of tetrazole rings is 1. The molecule has 0 unspecified atom stereocenters. The summed E-state index contributed by atoms with van der Waals surface area (Å²) in [5, 5.41) is 17.7. The predicted octanol–water partition coefficient (Wildman–Crippen LogP) is 5.36. The van der Waals surface area contributed by atoms with Crippen molar-refractivity contribution in [2.24, 2.45) is 0 Å².